The third-order valence-corrected chi connectivity index (χ3v) is 3.87. The van der Waals surface area contributed by atoms with Gasteiger partial charge in [-0.25, -0.2) is 8.42 Å². The Morgan fingerprint density at radius 3 is 2.44 bits per heavy atom. The molecule has 0 saturated carbocycles. The summed E-state index contributed by atoms with van der Waals surface area (Å²) in [6, 6.07) is 0. The van der Waals surface area contributed by atoms with Gasteiger partial charge in [0, 0.05) is 6.54 Å². The molecule has 96 valence electrons. The quantitative estimate of drug-likeness (QED) is 0.620. The van der Waals surface area contributed by atoms with Crippen LogP contribution in [0.25, 0.3) is 0 Å². The van der Waals surface area contributed by atoms with Crippen molar-refractivity contribution in [1.29, 1.82) is 0 Å². The number of hydrogen-bond donors (Lipinski definition) is 1. The fourth-order valence-electron chi connectivity index (χ4n) is 1.22. The van der Waals surface area contributed by atoms with Gasteiger partial charge in [0.1, 0.15) is 6.54 Å². The molecule has 1 N–H and O–H groups in total. The van der Waals surface area contributed by atoms with Crippen molar-refractivity contribution < 1.29 is 22.7 Å². The van der Waals surface area contributed by atoms with E-state index in [9.17, 15) is 17.6 Å². The highest BCUT2D eigenvalue weighted by Gasteiger charge is 2.22. The number of sulfonamides is 1. The Morgan fingerprint density at radius 2 is 2.00 bits per heavy atom. The number of alkyl halides is 1. The molecule has 0 aliphatic carbocycles. The zero-order valence-corrected chi connectivity index (χ0v) is 10.2. The van der Waals surface area contributed by atoms with E-state index < -0.39 is 29.2 Å². The van der Waals surface area contributed by atoms with Gasteiger partial charge in [0.05, 0.1) is 12.4 Å². The summed E-state index contributed by atoms with van der Waals surface area (Å²) in [6.07, 6.45) is 0.959. The number of rotatable bonds is 9. The third kappa shape index (κ3) is 6.02. The molecule has 0 aromatic carbocycles. The van der Waals surface area contributed by atoms with Crippen molar-refractivity contribution in [2.75, 3.05) is 25.5 Å². The number of unbranched alkanes of at least 4 members (excludes halogenated alkanes) is 1. The Kier molecular flexibility index (Phi) is 7.24. The average Bonchev–Trinajstić information content (AvgIpc) is 2.16. The highest BCUT2D eigenvalue weighted by molar-refractivity contribution is 7.89. The molecule has 0 saturated heterocycles. The van der Waals surface area contributed by atoms with Crippen molar-refractivity contribution in [2.24, 2.45) is 0 Å². The second-order valence-corrected chi connectivity index (χ2v) is 5.53. The van der Waals surface area contributed by atoms with E-state index in [4.69, 9.17) is 5.11 Å². The summed E-state index contributed by atoms with van der Waals surface area (Å²) in [5.41, 5.74) is 0. The lowest BCUT2D eigenvalue weighted by atomic mass is 10.4. The predicted octanol–water partition coefficient (Wildman–Crippen LogP) is 0.862. The van der Waals surface area contributed by atoms with Crippen molar-refractivity contribution in [3.05, 3.63) is 0 Å². The van der Waals surface area contributed by atoms with Crippen LogP contribution >= 0.6 is 0 Å². The van der Waals surface area contributed by atoms with Crippen LogP contribution in [-0.2, 0) is 14.8 Å². The normalized spacial score (nSPS) is 11.9. The average molecular weight is 255 g/mol. The summed E-state index contributed by atoms with van der Waals surface area (Å²) < 4.78 is 36.1. The number of carboxylic acid groups (broad SMARTS) is 1. The zero-order valence-electron chi connectivity index (χ0n) is 9.36. The molecule has 0 atom stereocenters. The van der Waals surface area contributed by atoms with Gasteiger partial charge in [-0.05, 0) is 19.3 Å². The van der Waals surface area contributed by atoms with Crippen molar-refractivity contribution in [3.63, 3.8) is 0 Å². The number of nitrogens with zero attached hydrogens (tertiary/aromatic N) is 1. The first-order valence-electron chi connectivity index (χ1n) is 5.19. The fraction of sp³-hybridized carbons (Fsp3) is 0.889. The fourth-order valence-corrected chi connectivity index (χ4v) is 2.82. The molecule has 0 aliphatic rings. The molecule has 0 bridgehead atoms. The van der Waals surface area contributed by atoms with E-state index in [0.29, 0.717) is 6.42 Å². The molecule has 0 aromatic rings. The largest absolute Gasteiger partial charge is 0.480 e. The van der Waals surface area contributed by atoms with E-state index in [1.165, 1.54) is 0 Å². The van der Waals surface area contributed by atoms with Gasteiger partial charge in [0.15, 0.2) is 0 Å². The first-order chi connectivity index (χ1) is 7.44. The van der Waals surface area contributed by atoms with Crippen LogP contribution in [0.2, 0.25) is 0 Å². The lowest BCUT2D eigenvalue weighted by molar-refractivity contribution is -0.137. The van der Waals surface area contributed by atoms with E-state index in [1.54, 1.807) is 6.92 Å². The molecule has 7 heteroatoms. The maximum absolute atomic E-state index is 11.8. The summed E-state index contributed by atoms with van der Waals surface area (Å²) >= 11 is 0. The Morgan fingerprint density at radius 1 is 1.38 bits per heavy atom. The summed E-state index contributed by atoms with van der Waals surface area (Å²) in [7, 11) is -3.57. The smallest absolute Gasteiger partial charge is 0.318 e. The molecule has 0 unspecified atom stereocenters. The topological polar surface area (TPSA) is 74.7 Å². The van der Waals surface area contributed by atoms with Crippen LogP contribution in [0.5, 0.6) is 0 Å². The molecular formula is C9H18FNO4S. The van der Waals surface area contributed by atoms with Crippen LogP contribution in [0.4, 0.5) is 4.39 Å². The molecule has 0 rings (SSSR count). The van der Waals surface area contributed by atoms with Gasteiger partial charge in [-0.1, -0.05) is 6.92 Å². The van der Waals surface area contributed by atoms with Crippen LogP contribution in [-0.4, -0.2) is 49.3 Å². The van der Waals surface area contributed by atoms with E-state index in [2.05, 4.69) is 0 Å². The molecule has 0 aromatic heterocycles. The van der Waals surface area contributed by atoms with Gasteiger partial charge in [-0.2, -0.15) is 4.31 Å². The van der Waals surface area contributed by atoms with Gasteiger partial charge in [-0.15, -0.1) is 0 Å². The molecular weight excluding hydrogens is 237 g/mol. The lowest BCUT2D eigenvalue weighted by Gasteiger charge is -2.19. The Hall–Kier alpha value is -0.690. The van der Waals surface area contributed by atoms with Gasteiger partial charge >= 0.3 is 5.97 Å². The van der Waals surface area contributed by atoms with Gasteiger partial charge < -0.3 is 5.11 Å². The predicted molar refractivity (Wildman–Crippen MR) is 58.5 cm³/mol. The number of halogens is 1. The Balaban J connectivity index is 4.43. The van der Waals surface area contributed by atoms with Crippen molar-refractivity contribution >= 4 is 16.0 Å². The minimum Gasteiger partial charge on any atom is -0.480 e. The molecule has 0 radical (unpaired) electrons. The number of carbonyl (C=O) groups is 1. The second-order valence-electron chi connectivity index (χ2n) is 3.44. The summed E-state index contributed by atoms with van der Waals surface area (Å²) in [6.45, 7) is 0.879. The first kappa shape index (κ1) is 15.3. The summed E-state index contributed by atoms with van der Waals surface area (Å²) in [5, 5.41) is 8.58. The number of carboxylic acids is 1. The first-order valence-corrected chi connectivity index (χ1v) is 6.80. The highest BCUT2D eigenvalue weighted by atomic mass is 32.2. The molecule has 0 amide bonds. The zero-order chi connectivity index (χ0) is 12.6. The summed E-state index contributed by atoms with van der Waals surface area (Å²) in [4.78, 5) is 10.5. The maximum atomic E-state index is 11.8. The van der Waals surface area contributed by atoms with E-state index in [0.717, 1.165) is 4.31 Å². The SMILES string of the molecule is CCCN(CC(=O)O)S(=O)(=O)CCCCF. The Labute approximate surface area is 95.3 Å². The van der Waals surface area contributed by atoms with Crippen LogP contribution in [0.15, 0.2) is 0 Å². The van der Waals surface area contributed by atoms with Crippen LogP contribution in [0.1, 0.15) is 26.2 Å². The van der Waals surface area contributed by atoms with Crippen molar-refractivity contribution in [3.8, 4) is 0 Å². The van der Waals surface area contributed by atoms with Gasteiger partial charge in [0.25, 0.3) is 0 Å². The van der Waals surface area contributed by atoms with Crippen molar-refractivity contribution in [1.82, 2.24) is 4.31 Å². The molecule has 0 aliphatic heterocycles. The van der Waals surface area contributed by atoms with Crippen molar-refractivity contribution in [2.45, 2.75) is 26.2 Å². The molecule has 0 spiro atoms. The third-order valence-electron chi connectivity index (χ3n) is 1.96. The van der Waals surface area contributed by atoms with E-state index in [-0.39, 0.29) is 25.1 Å². The standard InChI is InChI=1S/C9H18FNO4S/c1-2-6-11(8-9(12)13)16(14,15)7-4-3-5-10/h2-8H2,1H3,(H,12,13). The Bertz CT molecular complexity index is 305. The van der Waals surface area contributed by atoms with E-state index >= 15 is 0 Å². The maximum Gasteiger partial charge on any atom is 0.318 e. The van der Waals surface area contributed by atoms with Crippen LogP contribution in [0.3, 0.4) is 0 Å². The lowest BCUT2D eigenvalue weighted by Crippen LogP contribution is -2.37. The molecule has 0 fully saturated rings. The van der Waals surface area contributed by atoms with E-state index in [1.807, 2.05) is 0 Å². The minimum atomic E-state index is -3.57. The monoisotopic (exact) mass is 255 g/mol. The second kappa shape index (κ2) is 7.56. The minimum absolute atomic E-state index is 0.185. The molecule has 16 heavy (non-hydrogen) atoms. The van der Waals surface area contributed by atoms with Gasteiger partial charge in [-0.3, -0.25) is 9.18 Å². The molecule has 5 nitrogen and oxygen atoms in total. The number of aliphatic carboxylic acids is 1. The number of hydrogen-bond acceptors (Lipinski definition) is 3. The van der Waals surface area contributed by atoms with Crippen LogP contribution < -0.4 is 0 Å². The molecule has 0 heterocycles. The summed E-state index contributed by atoms with van der Waals surface area (Å²) in [5.74, 6) is -1.37. The van der Waals surface area contributed by atoms with Crippen LogP contribution in [0, 0.1) is 0 Å². The highest BCUT2D eigenvalue weighted by Crippen LogP contribution is 2.06. The van der Waals surface area contributed by atoms with Gasteiger partial charge in [0.2, 0.25) is 10.0 Å².